The van der Waals surface area contributed by atoms with Crippen LogP contribution in [0.15, 0.2) is 71.6 Å². The van der Waals surface area contributed by atoms with Gasteiger partial charge in [0, 0.05) is 23.4 Å². The Hall–Kier alpha value is -3.91. The van der Waals surface area contributed by atoms with Crippen LogP contribution in [0.5, 0.6) is 11.6 Å². The maximum atomic E-state index is 13.4. The van der Waals surface area contributed by atoms with Crippen molar-refractivity contribution in [2.75, 3.05) is 10.0 Å². The van der Waals surface area contributed by atoms with Crippen molar-refractivity contribution in [3.8, 4) is 22.9 Å². The zero-order valence-electron chi connectivity index (χ0n) is 21.4. The fraction of sp³-hybridized carbons (Fsp3) is 0.241. The lowest BCUT2D eigenvalue weighted by atomic mass is 9.93. The van der Waals surface area contributed by atoms with Gasteiger partial charge < -0.3 is 10.1 Å². The molecule has 2 N–H and O–H groups in total. The van der Waals surface area contributed by atoms with Gasteiger partial charge in [-0.15, -0.1) is 0 Å². The van der Waals surface area contributed by atoms with E-state index in [9.17, 15) is 8.42 Å². The van der Waals surface area contributed by atoms with Crippen LogP contribution in [0.3, 0.4) is 0 Å². The molecule has 190 valence electrons. The normalized spacial score (nSPS) is 14.2. The Morgan fingerprint density at radius 1 is 1.00 bits per heavy atom. The molecule has 0 radical (unpaired) electrons. The van der Waals surface area contributed by atoms with Gasteiger partial charge in [-0.1, -0.05) is 63.2 Å². The molecule has 6 bridgehead atoms. The number of hydrogen-bond acceptors (Lipinski definition) is 6. The molecule has 0 saturated carbocycles. The molecule has 0 saturated heterocycles. The monoisotopic (exact) mass is 514 g/mol. The third-order valence-corrected chi connectivity index (χ3v) is 7.94. The van der Waals surface area contributed by atoms with Crippen LogP contribution in [-0.4, -0.2) is 18.4 Å². The van der Waals surface area contributed by atoms with Gasteiger partial charge in [0.1, 0.15) is 5.75 Å². The average molecular weight is 515 g/mol. The summed E-state index contributed by atoms with van der Waals surface area (Å²) in [4.78, 5) is 9.45. The predicted molar refractivity (Wildman–Crippen MR) is 147 cm³/mol. The fourth-order valence-corrected chi connectivity index (χ4v) is 5.56. The summed E-state index contributed by atoms with van der Waals surface area (Å²) < 4.78 is 35.8. The van der Waals surface area contributed by atoms with Crippen molar-refractivity contribution >= 4 is 21.7 Å². The summed E-state index contributed by atoms with van der Waals surface area (Å²) in [5.41, 5.74) is 6.23. The summed E-state index contributed by atoms with van der Waals surface area (Å²) in [5.74, 6) is 1.20. The largest absolute Gasteiger partial charge is 0.438 e. The summed E-state index contributed by atoms with van der Waals surface area (Å²) in [5, 5.41) is 3.32. The van der Waals surface area contributed by atoms with Crippen LogP contribution in [0.4, 0.5) is 11.6 Å². The van der Waals surface area contributed by atoms with Crippen molar-refractivity contribution < 1.29 is 13.2 Å². The first-order valence-electron chi connectivity index (χ1n) is 12.4. The second-order valence-electron chi connectivity index (χ2n) is 9.40. The molecule has 0 aliphatic carbocycles. The lowest BCUT2D eigenvalue weighted by Gasteiger charge is -2.20. The second kappa shape index (κ2) is 9.86. The molecule has 0 atom stereocenters. The molecule has 1 aromatic heterocycles. The minimum absolute atomic E-state index is 0.0370. The Bertz CT molecular complexity index is 1580. The summed E-state index contributed by atoms with van der Waals surface area (Å²) >= 11 is 0. The molecule has 0 fully saturated rings. The van der Waals surface area contributed by atoms with E-state index in [1.54, 1.807) is 18.2 Å². The first-order chi connectivity index (χ1) is 17.8. The number of nitrogens with one attached hydrogen (secondary N) is 2. The molecule has 1 aliphatic heterocycles. The summed E-state index contributed by atoms with van der Waals surface area (Å²) in [6.45, 7) is 8.80. The first kappa shape index (κ1) is 24.8. The highest BCUT2D eigenvalue weighted by Crippen LogP contribution is 2.37. The van der Waals surface area contributed by atoms with E-state index < -0.39 is 10.0 Å². The minimum Gasteiger partial charge on any atom is -0.438 e. The Balaban J connectivity index is 1.78. The Morgan fingerprint density at radius 3 is 2.57 bits per heavy atom. The van der Waals surface area contributed by atoms with Gasteiger partial charge in [0.15, 0.2) is 0 Å². The van der Waals surface area contributed by atoms with Crippen LogP contribution in [0.1, 0.15) is 48.9 Å². The smallest absolute Gasteiger partial charge is 0.264 e. The van der Waals surface area contributed by atoms with Crippen LogP contribution < -0.4 is 14.8 Å². The Morgan fingerprint density at radius 2 is 1.78 bits per heavy atom. The molecular formula is C29H30N4O3S. The summed E-state index contributed by atoms with van der Waals surface area (Å²) in [6, 6.07) is 20.6. The third kappa shape index (κ3) is 4.89. The molecule has 8 heteroatoms. The van der Waals surface area contributed by atoms with E-state index in [2.05, 4.69) is 34.9 Å². The maximum absolute atomic E-state index is 13.4. The van der Waals surface area contributed by atoms with Crippen LogP contribution in [-0.2, 0) is 23.0 Å². The SMILES string of the molecule is CCc1c2nc(nc1-c1ccccc1C(C)C)NS(=O)(=O)c1cccc(c1)NCc1cccc(c1C)O2. The van der Waals surface area contributed by atoms with Crippen molar-refractivity contribution in [3.63, 3.8) is 0 Å². The topological polar surface area (TPSA) is 93.2 Å². The Kier molecular flexibility index (Phi) is 6.60. The van der Waals surface area contributed by atoms with E-state index in [0.717, 1.165) is 27.8 Å². The molecule has 0 amide bonds. The second-order valence-corrected chi connectivity index (χ2v) is 11.1. The highest BCUT2D eigenvalue weighted by Gasteiger charge is 2.24. The number of benzene rings is 3. The van der Waals surface area contributed by atoms with Crippen LogP contribution >= 0.6 is 0 Å². The standard InChI is InChI=1S/C29H30N4O3S/c1-5-23-27(25-14-7-6-13-24(25)18(2)3)31-29-32-28(23)36-26-15-8-10-20(19(26)4)17-30-21-11-9-12-22(16-21)37(34,35)33-29/h6-16,18,30H,5,17H2,1-4H3,(H,31,32,33). The lowest BCUT2D eigenvalue weighted by molar-refractivity contribution is 0.452. The third-order valence-electron chi connectivity index (χ3n) is 6.62. The van der Waals surface area contributed by atoms with E-state index in [1.165, 1.54) is 0 Å². The number of rotatable bonds is 3. The average Bonchev–Trinajstić information content (AvgIpc) is 2.88. The van der Waals surface area contributed by atoms with Gasteiger partial charge in [-0.2, -0.15) is 4.98 Å². The molecule has 4 aromatic rings. The molecule has 7 nitrogen and oxygen atoms in total. The maximum Gasteiger partial charge on any atom is 0.264 e. The highest BCUT2D eigenvalue weighted by atomic mass is 32.2. The summed E-state index contributed by atoms with van der Waals surface area (Å²) in [7, 11) is -3.95. The van der Waals surface area contributed by atoms with Crippen molar-refractivity contribution in [1.82, 2.24) is 9.97 Å². The van der Waals surface area contributed by atoms with Crippen molar-refractivity contribution in [1.29, 1.82) is 0 Å². The van der Waals surface area contributed by atoms with Crippen LogP contribution in [0.25, 0.3) is 11.3 Å². The molecule has 0 spiro atoms. The molecule has 1 aliphatic rings. The van der Waals surface area contributed by atoms with E-state index in [0.29, 0.717) is 36.0 Å². The number of ether oxygens (including phenoxy) is 1. The Labute approximate surface area is 218 Å². The number of anilines is 2. The number of nitrogens with zero attached hydrogens (tertiary/aromatic N) is 2. The van der Waals surface area contributed by atoms with E-state index in [1.807, 2.05) is 56.3 Å². The quantitative estimate of drug-likeness (QED) is 0.318. The molecule has 0 unspecified atom stereocenters. The van der Waals surface area contributed by atoms with Gasteiger partial charge >= 0.3 is 0 Å². The number of aromatic nitrogens is 2. The van der Waals surface area contributed by atoms with E-state index in [4.69, 9.17) is 9.72 Å². The zero-order valence-corrected chi connectivity index (χ0v) is 22.2. The molecular weight excluding hydrogens is 484 g/mol. The highest BCUT2D eigenvalue weighted by molar-refractivity contribution is 7.92. The minimum atomic E-state index is -3.95. The molecule has 2 heterocycles. The van der Waals surface area contributed by atoms with Gasteiger partial charge in [0.2, 0.25) is 11.8 Å². The summed E-state index contributed by atoms with van der Waals surface area (Å²) in [6.07, 6.45) is 0.604. The van der Waals surface area contributed by atoms with Gasteiger partial charge in [-0.25, -0.2) is 18.1 Å². The van der Waals surface area contributed by atoms with Gasteiger partial charge in [-0.3, -0.25) is 0 Å². The number of hydrogen-bond donors (Lipinski definition) is 2. The van der Waals surface area contributed by atoms with E-state index in [-0.39, 0.29) is 16.8 Å². The van der Waals surface area contributed by atoms with Crippen LogP contribution in [0, 0.1) is 6.92 Å². The predicted octanol–water partition coefficient (Wildman–Crippen LogP) is 6.66. The molecule has 5 rings (SSSR count). The molecule has 3 aromatic carbocycles. The number of sulfonamides is 1. The van der Waals surface area contributed by atoms with Gasteiger partial charge in [-0.05, 0) is 60.2 Å². The molecule has 37 heavy (non-hydrogen) atoms. The van der Waals surface area contributed by atoms with Gasteiger partial charge in [0.25, 0.3) is 10.0 Å². The zero-order chi connectivity index (χ0) is 26.2. The lowest BCUT2D eigenvalue weighted by Crippen LogP contribution is -2.17. The van der Waals surface area contributed by atoms with E-state index >= 15 is 0 Å². The van der Waals surface area contributed by atoms with Crippen molar-refractivity contribution in [2.24, 2.45) is 0 Å². The number of fused-ring (bicyclic) bond motifs is 6. The fourth-order valence-electron chi connectivity index (χ4n) is 4.57. The first-order valence-corrected chi connectivity index (χ1v) is 13.9. The van der Waals surface area contributed by atoms with Crippen LogP contribution in [0.2, 0.25) is 0 Å². The van der Waals surface area contributed by atoms with Crippen molar-refractivity contribution in [2.45, 2.75) is 51.5 Å². The van der Waals surface area contributed by atoms with Crippen molar-refractivity contribution in [3.05, 3.63) is 89.0 Å². The van der Waals surface area contributed by atoms with Gasteiger partial charge in [0.05, 0.1) is 10.6 Å².